The second-order valence-electron chi connectivity index (χ2n) is 14.3. The Bertz CT molecular complexity index is 2520. The molecule has 6 aromatic rings. The molecule has 4 amide bonds. The van der Waals surface area contributed by atoms with Crippen LogP contribution in [0.1, 0.15) is 63.4 Å². The fraction of sp³-hybridized carbons (Fsp3) is 0.188. The van der Waals surface area contributed by atoms with Gasteiger partial charge in [0.15, 0.2) is 5.11 Å². The number of carbonyl (C=O) groups is 2. The van der Waals surface area contributed by atoms with Crippen LogP contribution in [0.5, 0.6) is 28.7 Å². The maximum atomic E-state index is 12.2. The van der Waals surface area contributed by atoms with Gasteiger partial charge >= 0.3 is 12.1 Å². The van der Waals surface area contributed by atoms with Gasteiger partial charge in [-0.2, -0.15) is 0 Å². The Morgan fingerprint density at radius 1 is 0.576 bits per heavy atom. The highest BCUT2D eigenvalue weighted by Gasteiger charge is 2.17. The van der Waals surface area contributed by atoms with Gasteiger partial charge in [-0.3, -0.25) is 0 Å². The molecule has 0 aromatic heterocycles. The lowest BCUT2D eigenvalue weighted by atomic mass is 10.1. The van der Waals surface area contributed by atoms with Crippen molar-refractivity contribution in [2.75, 3.05) is 33.1 Å². The van der Waals surface area contributed by atoms with Crippen molar-refractivity contribution in [3.8, 4) is 28.7 Å². The number of nitrogens with one attached hydrogen (secondary N) is 6. The van der Waals surface area contributed by atoms with Crippen molar-refractivity contribution in [2.45, 2.75) is 52.2 Å². The molecule has 0 saturated heterocycles. The van der Waals surface area contributed by atoms with Gasteiger partial charge in [-0.1, -0.05) is 91.0 Å². The van der Waals surface area contributed by atoms with Gasteiger partial charge in [0.25, 0.3) is 0 Å². The minimum Gasteiger partial charge on any atom is -0.506 e. The van der Waals surface area contributed by atoms with Gasteiger partial charge in [-0.05, 0) is 123 Å². The first-order chi connectivity index (χ1) is 31.5. The molecule has 0 bridgehead atoms. The number of hydrogen-bond acceptors (Lipinski definition) is 9. The summed E-state index contributed by atoms with van der Waals surface area (Å²) in [7, 11) is 0. The topological polar surface area (TPSA) is 217 Å². The van der Waals surface area contributed by atoms with Gasteiger partial charge < -0.3 is 62.2 Å². The minimum atomic E-state index is -0.931. The first kappa shape index (κ1) is 52.2. The van der Waals surface area contributed by atoms with Crippen molar-refractivity contribution in [1.29, 1.82) is 0 Å². The zero-order chi connectivity index (χ0) is 48.2. The molecule has 0 saturated carbocycles. The van der Waals surface area contributed by atoms with Crippen LogP contribution >= 0.6 is 47.0 Å². The molecule has 0 heterocycles. The standard InChI is InChI=1S/C21H19ClN2O4.C15H15ClN2O3.C12H17ClN2OS/c1-13(25)18-11-14(22)12-19(20(18)26)24-21(27)23-15-7-9-17(10-8-15)28-16-5-3-2-4-6-16;1-9(19)12-7-10(16)8-13(14(12)20)18-15(21)17-11-5-3-2-4-6-11;1-2-3-4-7-14-12(17)15-10-8-9(13)5-6-11(10)16/h2-13,25-26H,1H3,(H2,23,24,27);2-9,19-20H,1H3,(H2,17,18,21);5-6,8,16H,2-4,7H2,1H3,(H2,14,15,17). The number of carbonyl (C=O) groups excluding carboxylic acids is 2. The number of ether oxygens (including phenoxy) is 1. The summed E-state index contributed by atoms with van der Waals surface area (Å²) in [6, 6.07) is 34.5. The molecule has 2 atom stereocenters. The lowest BCUT2D eigenvalue weighted by Crippen LogP contribution is -2.29. The number of unbranched alkanes of at least 4 members (excludes halogenated alkanes) is 2. The summed E-state index contributed by atoms with van der Waals surface area (Å²) in [6.45, 7) is 5.98. The molecule has 0 aliphatic carbocycles. The van der Waals surface area contributed by atoms with E-state index in [9.17, 15) is 35.1 Å². The van der Waals surface area contributed by atoms with Crippen molar-refractivity contribution in [1.82, 2.24) is 5.32 Å². The van der Waals surface area contributed by atoms with Gasteiger partial charge in [0.05, 0.1) is 29.3 Å². The number of thiocarbonyl (C=S) groups is 1. The molecular weight excluding hydrogens is 927 g/mol. The second kappa shape index (κ2) is 26.5. The molecule has 0 fully saturated rings. The maximum Gasteiger partial charge on any atom is 0.323 e. The van der Waals surface area contributed by atoms with Crippen molar-refractivity contribution in [3.05, 3.63) is 154 Å². The Morgan fingerprint density at radius 3 is 1.55 bits per heavy atom. The molecule has 348 valence electrons. The average molecular weight is 978 g/mol. The molecule has 0 radical (unpaired) electrons. The molecule has 11 N–H and O–H groups in total. The summed E-state index contributed by atoms with van der Waals surface area (Å²) >= 11 is 22.8. The number of aromatic hydroxyl groups is 3. The van der Waals surface area contributed by atoms with Crippen LogP contribution in [0.3, 0.4) is 0 Å². The molecule has 0 aliphatic rings. The Labute approximate surface area is 403 Å². The van der Waals surface area contributed by atoms with Crippen LogP contribution in [0.15, 0.2) is 127 Å². The SMILES string of the molecule is CC(O)c1cc(Cl)cc(NC(=O)Nc2ccc(Oc3ccccc3)cc2)c1O.CC(O)c1cc(Cl)cc(NC(=O)Nc2ccccc2)c1O.CCCCCNC(=S)Nc1cc(Cl)ccc1O. The molecule has 0 spiro atoms. The van der Waals surface area contributed by atoms with E-state index in [0.29, 0.717) is 43.7 Å². The van der Waals surface area contributed by atoms with E-state index < -0.39 is 24.3 Å². The van der Waals surface area contributed by atoms with Crippen LogP contribution in [0, 0.1) is 0 Å². The first-order valence-corrected chi connectivity index (χ1v) is 22.0. The molecule has 2 unspecified atom stereocenters. The van der Waals surface area contributed by atoms with E-state index in [2.05, 4.69) is 38.8 Å². The smallest absolute Gasteiger partial charge is 0.323 e. The van der Waals surface area contributed by atoms with Crippen LogP contribution in [0.2, 0.25) is 15.1 Å². The Kier molecular flexibility index (Phi) is 20.9. The number of amides is 4. The van der Waals surface area contributed by atoms with Crippen LogP contribution < -0.4 is 36.6 Å². The minimum absolute atomic E-state index is 0.102. The number of aliphatic hydroxyl groups excluding tert-OH is 2. The lowest BCUT2D eigenvalue weighted by Gasteiger charge is -2.14. The van der Waals surface area contributed by atoms with Gasteiger partial charge in [0.1, 0.15) is 28.7 Å². The van der Waals surface area contributed by atoms with Crippen molar-refractivity contribution in [2.24, 2.45) is 0 Å². The number of para-hydroxylation sites is 2. The molecule has 6 aromatic carbocycles. The summed E-state index contributed by atoms with van der Waals surface area (Å²) in [6.07, 6.45) is 1.61. The number of anilines is 5. The van der Waals surface area contributed by atoms with Crippen LogP contribution in [-0.2, 0) is 0 Å². The third kappa shape index (κ3) is 17.5. The maximum absolute atomic E-state index is 12.2. The van der Waals surface area contributed by atoms with E-state index >= 15 is 0 Å². The molecular formula is C48H51Cl3N6O8S. The van der Waals surface area contributed by atoms with E-state index in [0.717, 1.165) is 13.0 Å². The number of hydrogen-bond donors (Lipinski definition) is 11. The fourth-order valence-electron chi connectivity index (χ4n) is 5.74. The zero-order valence-corrected chi connectivity index (χ0v) is 39.2. The average Bonchev–Trinajstić information content (AvgIpc) is 3.27. The third-order valence-electron chi connectivity index (χ3n) is 9.00. The van der Waals surface area contributed by atoms with Gasteiger partial charge in [0, 0.05) is 44.1 Å². The number of urea groups is 2. The lowest BCUT2D eigenvalue weighted by molar-refractivity contribution is 0.194. The molecule has 0 aliphatic heterocycles. The highest BCUT2D eigenvalue weighted by molar-refractivity contribution is 7.80. The quantitative estimate of drug-likeness (QED) is 0.0297. The number of aliphatic hydroxyl groups is 2. The van der Waals surface area contributed by atoms with E-state index in [-0.39, 0.29) is 44.8 Å². The summed E-state index contributed by atoms with van der Waals surface area (Å²) in [5.74, 6) is 1.03. The molecule has 18 heteroatoms. The first-order valence-electron chi connectivity index (χ1n) is 20.5. The highest BCUT2D eigenvalue weighted by Crippen LogP contribution is 2.37. The van der Waals surface area contributed by atoms with Crippen LogP contribution in [0.4, 0.5) is 38.0 Å². The van der Waals surface area contributed by atoms with Gasteiger partial charge in [0.2, 0.25) is 0 Å². The van der Waals surface area contributed by atoms with Crippen molar-refractivity contribution in [3.63, 3.8) is 0 Å². The summed E-state index contributed by atoms with van der Waals surface area (Å²) in [5, 5.41) is 67.0. The van der Waals surface area contributed by atoms with Crippen molar-refractivity contribution < 1.29 is 39.9 Å². The van der Waals surface area contributed by atoms with E-state index in [4.69, 9.17) is 51.8 Å². The zero-order valence-electron chi connectivity index (χ0n) is 36.1. The Morgan fingerprint density at radius 2 is 1.05 bits per heavy atom. The van der Waals surface area contributed by atoms with E-state index in [1.807, 2.05) is 36.4 Å². The Balaban J connectivity index is 0.000000224. The predicted octanol–water partition coefficient (Wildman–Crippen LogP) is 12.8. The number of rotatable bonds is 13. The summed E-state index contributed by atoms with van der Waals surface area (Å²) in [5.41, 5.74) is 2.38. The molecule has 14 nitrogen and oxygen atoms in total. The normalized spacial score (nSPS) is 11.2. The van der Waals surface area contributed by atoms with Crippen molar-refractivity contribution >= 4 is 92.6 Å². The molecule has 6 rings (SSSR count). The second-order valence-corrected chi connectivity index (χ2v) is 16.1. The number of halogens is 3. The third-order valence-corrected chi connectivity index (χ3v) is 9.92. The molecule has 66 heavy (non-hydrogen) atoms. The summed E-state index contributed by atoms with van der Waals surface area (Å²) < 4.78 is 5.70. The van der Waals surface area contributed by atoms with E-state index in [1.54, 1.807) is 60.7 Å². The monoisotopic (exact) mass is 976 g/mol. The summed E-state index contributed by atoms with van der Waals surface area (Å²) in [4.78, 5) is 24.1. The Hall–Kier alpha value is -6.46. The van der Waals surface area contributed by atoms with E-state index in [1.165, 1.54) is 57.0 Å². The van der Waals surface area contributed by atoms with Gasteiger partial charge in [-0.15, -0.1) is 0 Å². The largest absolute Gasteiger partial charge is 0.506 e. The predicted molar refractivity (Wildman–Crippen MR) is 269 cm³/mol. The number of phenols is 3. The van der Waals surface area contributed by atoms with Crippen LogP contribution in [-0.4, -0.2) is 49.3 Å². The van der Waals surface area contributed by atoms with Crippen LogP contribution in [0.25, 0.3) is 0 Å². The fourth-order valence-corrected chi connectivity index (χ4v) is 6.58. The highest BCUT2D eigenvalue weighted by atomic mass is 35.5. The number of phenolic OH excluding ortho intramolecular Hbond substituents is 3. The number of benzene rings is 6. The van der Waals surface area contributed by atoms with Gasteiger partial charge in [-0.25, -0.2) is 9.59 Å².